The highest BCUT2D eigenvalue weighted by Gasteiger charge is 2.31. The van der Waals surface area contributed by atoms with Crippen molar-refractivity contribution in [3.8, 4) is 0 Å². The number of aryl methyl sites for hydroxylation is 1. The van der Waals surface area contributed by atoms with E-state index in [2.05, 4.69) is 5.10 Å². The zero-order valence-electron chi connectivity index (χ0n) is 12.1. The molecule has 1 fully saturated rings. The van der Waals surface area contributed by atoms with Gasteiger partial charge in [0.05, 0.1) is 17.6 Å². The summed E-state index contributed by atoms with van der Waals surface area (Å²) in [5, 5.41) is 4.21. The van der Waals surface area contributed by atoms with Gasteiger partial charge in [0, 0.05) is 18.3 Å². The Bertz CT molecular complexity index is 737. The molecular formula is C16H15N3OS2. The Morgan fingerprint density at radius 1 is 1.32 bits per heavy atom. The van der Waals surface area contributed by atoms with E-state index < -0.39 is 0 Å². The van der Waals surface area contributed by atoms with Crippen molar-refractivity contribution < 1.29 is 4.79 Å². The van der Waals surface area contributed by atoms with E-state index in [9.17, 15) is 4.79 Å². The highest BCUT2D eigenvalue weighted by molar-refractivity contribution is 8.26. The summed E-state index contributed by atoms with van der Waals surface area (Å²) in [5.41, 5.74) is 1.99. The Kier molecular flexibility index (Phi) is 4.40. The number of hydrogen-bond donors (Lipinski definition) is 0. The Morgan fingerprint density at radius 2 is 2.09 bits per heavy atom. The molecule has 4 nitrogen and oxygen atoms in total. The Morgan fingerprint density at radius 3 is 2.77 bits per heavy atom. The van der Waals surface area contributed by atoms with Crippen LogP contribution in [0, 0.1) is 0 Å². The average Bonchev–Trinajstić information content (AvgIpc) is 3.09. The number of nitrogens with zero attached hydrogens (tertiary/aromatic N) is 3. The molecule has 1 aromatic heterocycles. The third kappa shape index (κ3) is 3.13. The van der Waals surface area contributed by atoms with Crippen LogP contribution in [0.1, 0.15) is 18.1 Å². The number of rotatable bonds is 4. The number of carbonyl (C=O) groups is 1. The van der Waals surface area contributed by atoms with Gasteiger partial charge in [-0.05, 0) is 18.6 Å². The predicted octanol–water partition coefficient (Wildman–Crippen LogP) is 3.30. The molecule has 2 aromatic rings. The van der Waals surface area contributed by atoms with Crippen molar-refractivity contribution in [2.45, 2.75) is 20.0 Å². The lowest BCUT2D eigenvalue weighted by atomic mass is 10.2. The van der Waals surface area contributed by atoms with Crippen LogP contribution >= 0.6 is 24.0 Å². The minimum absolute atomic E-state index is 0.0388. The number of hydrogen-bond acceptors (Lipinski definition) is 4. The summed E-state index contributed by atoms with van der Waals surface area (Å²) < 4.78 is 2.43. The van der Waals surface area contributed by atoms with Gasteiger partial charge in [0.1, 0.15) is 4.32 Å². The van der Waals surface area contributed by atoms with Gasteiger partial charge >= 0.3 is 0 Å². The van der Waals surface area contributed by atoms with Gasteiger partial charge in [-0.2, -0.15) is 5.10 Å². The smallest absolute Gasteiger partial charge is 0.266 e. The first kappa shape index (κ1) is 15.0. The van der Waals surface area contributed by atoms with E-state index in [0.29, 0.717) is 15.8 Å². The van der Waals surface area contributed by atoms with Crippen molar-refractivity contribution in [2.24, 2.45) is 0 Å². The maximum Gasteiger partial charge on any atom is 0.266 e. The third-order valence-electron chi connectivity index (χ3n) is 3.33. The maximum absolute atomic E-state index is 12.5. The van der Waals surface area contributed by atoms with Crippen LogP contribution in [-0.4, -0.2) is 24.9 Å². The van der Waals surface area contributed by atoms with Gasteiger partial charge in [-0.3, -0.25) is 14.4 Å². The van der Waals surface area contributed by atoms with E-state index in [1.165, 1.54) is 11.8 Å². The minimum Gasteiger partial charge on any atom is -0.288 e. The molecule has 1 saturated heterocycles. The van der Waals surface area contributed by atoms with Crippen molar-refractivity contribution in [3.05, 3.63) is 58.8 Å². The van der Waals surface area contributed by atoms with Crippen LogP contribution in [0.25, 0.3) is 6.08 Å². The predicted molar refractivity (Wildman–Crippen MR) is 93.1 cm³/mol. The first-order valence-corrected chi connectivity index (χ1v) is 8.21. The molecular weight excluding hydrogens is 314 g/mol. The molecule has 0 spiro atoms. The fourth-order valence-corrected chi connectivity index (χ4v) is 3.44. The SMILES string of the molecule is CCn1cc(/C=C2\SC(=S)N(Cc3ccccc3)C2=O)cn1. The molecule has 0 bridgehead atoms. The molecule has 1 aromatic carbocycles. The van der Waals surface area contributed by atoms with Crippen molar-refractivity contribution >= 4 is 40.3 Å². The van der Waals surface area contributed by atoms with Crippen LogP contribution in [0.15, 0.2) is 47.6 Å². The topological polar surface area (TPSA) is 38.1 Å². The highest BCUT2D eigenvalue weighted by atomic mass is 32.2. The monoisotopic (exact) mass is 329 g/mol. The number of thioether (sulfide) groups is 1. The molecule has 0 unspecified atom stereocenters. The average molecular weight is 329 g/mol. The summed E-state index contributed by atoms with van der Waals surface area (Å²) in [6, 6.07) is 9.87. The van der Waals surface area contributed by atoms with E-state index >= 15 is 0 Å². The van der Waals surface area contributed by atoms with Crippen molar-refractivity contribution in [1.29, 1.82) is 0 Å². The van der Waals surface area contributed by atoms with Crippen LogP contribution in [0.3, 0.4) is 0 Å². The first-order valence-electron chi connectivity index (χ1n) is 6.99. The molecule has 112 valence electrons. The van der Waals surface area contributed by atoms with Crippen LogP contribution in [0.5, 0.6) is 0 Å². The number of amides is 1. The van der Waals surface area contributed by atoms with Gasteiger partial charge in [-0.25, -0.2) is 0 Å². The normalized spacial score (nSPS) is 16.8. The molecule has 0 saturated carbocycles. The van der Waals surface area contributed by atoms with Crippen molar-refractivity contribution in [1.82, 2.24) is 14.7 Å². The molecule has 1 aliphatic rings. The van der Waals surface area contributed by atoms with E-state index in [0.717, 1.165) is 17.7 Å². The lowest BCUT2D eigenvalue weighted by Gasteiger charge is -2.14. The number of thiocarbonyl (C=S) groups is 1. The van der Waals surface area contributed by atoms with Crippen molar-refractivity contribution in [3.63, 3.8) is 0 Å². The second-order valence-electron chi connectivity index (χ2n) is 4.88. The largest absolute Gasteiger partial charge is 0.288 e. The number of carbonyl (C=O) groups excluding carboxylic acids is 1. The Hall–Kier alpha value is -1.92. The molecule has 3 rings (SSSR count). The Balaban J connectivity index is 1.79. The summed E-state index contributed by atoms with van der Waals surface area (Å²) in [6.07, 6.45) is 5.53. The Labute approximate surface area is 138 Å². The highest BCUT2D eigenvalue weighted by Crippen LogP contribution is 2.33. The molecule has 0 atom stereocenters. The summed E-state index contributed by atoms with van der Waals surface area (Å²) in [5.74, 6) is -0.0388. The van der Waals surface area contributed by atoms with E-state index in [1.54, 1.807) is 11.1 Å². The summed E-state index contributed by atoms with van der Waals surface area (Å²) in [4.78, 5) is 14.8. The van der Waals surface area contributed by atoms with Crippen LogP contribution in [-0.2, 0) is 17.9 Å². The lowest BCUT2D eigenvalue weighted by molar-refractivity contribution is -0.122. The number of aromatic nitrogens is 2. The van der Waals surface area contributed by atoms with E-state index in [1.807, 2.05) is 54.2 Å². The molecule has 22 heavy (non-hydrogen) atoms. The zero-order chi connectivity index (χ0) is 15.5. The third-order valence-corrected chi connectivity index (χ3v) is 4.71. The quantitative estimate of drug-likeness (QED) is 0.637. The first-order chi connectivity index (χ1) is 10.7. The molecule has 0 radical (unpaired) electrons. The van der Waals surface area contributed by atoms with Gasteiger partial charge in [0.2, 0.25) is 0 Å². The van der Waals surface area contributed by atoms with Gasteiger partial charge in [0.25, 0.3) is 5.91 Å². The fraction of sp³-hybridized carbons (Fsp3) is 0.188. The van der Waals surface area contributed by atoms with E-state index in [-0.39, 0.29) is 5.91 Å². The van der Waals surface area contributed by atoms with Gasteiger partial charge in [-0.1, -0.05) is 54.3 Å². The lowest BCUT2D eigenvalue weighted by Crippen LogP contribution is -2.27. The standard InChI is InChI=1S/C16H15N3OS2/c1-2-18-10-13(9-17-18)8-14-15(20)19(16(21)22-14)11-12-6-4-3-5-7-12/h3-10H,2,11H2,1H3/b14-8-. The number of benzene rings is 1. The maximum atomic E-state index is 12.5. The minimum atomic E-state index is -0.0388. The fourth-order valence-electron chi connectivity index (χ4n) is 2.18. The van der Waals surface area contributed by atoms with Crippen LogP contribution < -0.4 is 0 Å². The molecule has 2 heterocycles. The second kappa shape index (κ2) is 6.46. The summed E-state index contributed by atoms with van der Waals surface area (Å²) in [7, 11) is 0. The molecule has 1 amide bonds. The van der Waals surface area contributed by atoms with Gasteiger partial charge in [-0.15, -0.1) is 0 Å². The second-order valence-corrected chi connectivity index (χ2v) is 6.56. The molecule has 6 heteroatoms. The molecule has 1 aliphatic heterocycles. The zero-order valence-corrected chi connectivity index (χ0v) is 13.7. The van der Waals surface area contributed by atoms with Crippen LogP contribution in [0.4, 0.5) is 0 Å². The summed E-state index contributed by atoms with van der Waals surface area (Å²) in [6.45, 7) is 3.34. The molecule has 0 N–H and O–H groups in total. The van der Waals surface area contributed by atoms with Crippen molar-refractivity contribution in [2.75, 3.05) is 0 Å². The molecule has 0 aliphatic carbocycles. The van der Waals surface area contributed by atoms with Gasteiger partial charge < -0.3 is 0 Å². The summed E-state index contributed by atoms with van der Waals surface area (Å²) >= 11 is 6.69. The van der Waals surface area contributed by atoms with E-state index in [4.69, 9.17) is 12.2 Å². The van der Waals surface area contributed by atoms with Gasteiger partial charge in [0.15, 0.2) is 0 Å². The van der Waals surface area contributed by atoms with Crippen LogP contribution in [0.2, 0.25) is 0 Å².